The van der Waals surface area contributed by atoms with Crippen LogP contribution in [0.2, 0.25) is 0 Å². The van der Waals surface area contributed by atoms with E-state index >= 15 is 0 Å². The number of nitrogens with one attached hydrogen (secondary N) is 1. The summed E-state index contributed by atoms with van der Waals surface area (Å²) < 4.78 is 4.15. The van der Waals surface area contributed by atoms with Crippen molar-refractivity contribution in [2.45, 2.75) is 45.9 Å². The SMILES string of the molecule is CCCn1nccc1CNC(C)Cn1ccnc1. The highest BCUT2D eigenvalue weighted by atomic mass is 15.3. The van der Waals surface area contributed by atoms with Gasteiger partial charge in [0.2, 0.25) is 0 Å². The van der Waals surface area contributed by atoms with Gasteiger partial charge in [0, 0.05) is 44.3 Å². The molecular formula is C13H21N5. The first-order valence-corrected chi connectivity index (χ1v) is 6.49. The molecule has 5 heteroatoms. The van der Waals surface area contributed by atoms with E-state index in [2.05, 4.69) is 44.6 Å². The molecule has 1 N–H and O–H groups in total. The average Bonchev–Trinajstić information content (AvgIpc) is 2.99. The number of aryl methyl sites for hydroxylation is 1. The molecule has 0 aliphatic carbocycles. The van der Waals surface area contributed by atoms with Crippen molar-refractivity contribution in [2.24, 2.45) is 0 Å². The minimum absolute atomic E-state index is 0.407. The Morgan fingerprint density at radius 3 is 3.00 bits per heavy atom. The predicted molar refractivity (Wildman–Crippen MR) is 71.0 cm³/mol. The Bertz CT molecular complexity index is 446. The molecule has 5 nitrogen and oxygen atoms in total. The van der Waals surface area contributed by atoms with Crippen molar-refractivity contribution >= 4 is 0 Å². The molecule has 0 aromatic carbocycles. The van der Waals surface area contributed by atoms with Crippen molar-refractivity contribution in [3.8, 4) is 0 Å². The van der Waals surface area contributed by atoms with E-state index < -0.39 is 0 Å². The van der Waals surface area contributed by atoms with Crippen molar-refractivity contribution in [1.29, 1.82) is 0 Å². The molecule has 0 radical (unpaired) electrons. The smallest absolute Gasteiger partial charge is 0.0946 e. The van der Waals surface area contributed by atoms with Gasteiger partial charge in [-0.05, 0) is 19.4 Å². The highest BCUT2D eigenvalue weighted by Gasteiger charge is 2.05. The molecule has 0 aliphatic heterocycles. The zero-order chi connectivity index (χ0) is 12.8. The van der Waals surface area contributed by atoms with Crippen LogP contribution >= 0.6 is 0 Å². The summed E-state index contributed by atoms with van der Waals surface area (Å²) in [7, 11) is 0. The zero-order valence-electron chi connectivity index (χ0n) is 11.1. The van der Waals surface area contributed by atoms with Crippen LogP contribution < -0.4 is 5.32 Å². The molecule has 0 aliphatic rings. The number of imidazole rings is 1. The van der Waals surface area contributed by atoms with Gasteiger partial charge in [0.05, 0.1) is 12.0 Å². The Kier molecular flexibility index (Phi) is 4.52. The van der Waals surface area contributed by atoms with Gasteiger partial charge in [-0.3, -0.25) is 4.68 Å². The summed E-state index contributed by atoms with van der Waals surface area (Å²) in [5.41, 5.74) is 1.24. The van der Waals surface area contributed by atoms with Gasteiger partial charge in [-0.15, -0.1) is 0 Å². The zero-order valence-corrected chi connectivity index (χ0v) is 11.1. The van der Waals surface area contributed by atoms with E-state index in [4.69, 9.17) is 0 Å². The maximum absolute atomic E-state index is 4.32. The van der Waals surface area contributed by atoms with Gasteiger partial charge >= 0.3 is 0 Å². The number of aromatic nitrogens is 4. The molecule has 0 saturated heterocycles. The van der Waals surface area contributed by atoms with Gasteiger partial charge in [0.25, 0.3) is 0 Å². The summed E-state index contributed by atoms with van der Waals surface area (Å²) in [6.45, 7) is 7.12. The van der Waals surface area contributed by atoms with Gasteiger partial charge in [0.15, 0.2) is 0 Å². The number of hydrogen-bond acceptors (Lipinski definition) is 3. The lowest BCUT2D eigenvalue weighted by Crippen LogP contribution is -2.30. The molecule has 1 unspecified atom stereocenters. The second kappa shape index (κ2) is 6.35. The third-order valence-electron chi connectivity index (χ3n) is 2.92. The van der Waals surface area contributed by atoms with Gasteiger partial charge < -0.3 is 9.88 Å². The maximum Gasteiger partial charge on any atom is 0.0946 e. The van der Waals surface area contributed by atoms with Crippen molar-refractivity contribution < 1.29 is 0 Å². The number of nitrogens with zero attached hydrogens (tertiary/aromatic N) is 4. The molecule has 0 spiro atoms. The lowest BCUT2D eigenvalue weighted by Gasteiger charge is -2.15. The van der Waals surface area contributed by atoms with E-state index in [1.54, 1.807) is 0 Å². The third kappa shape index (κ3) is 3.43. The van der Waals surface area contributed by atoms with Crippen LogP contribution in [-0.4, -0.2) is 25.4 Å². The van der Waals surface area contributed by atoms with E-state index in [-0.39, 0.29) is 0 Å². The van der Waals surface area contributed by atoms with Crippen LogP contribution in [0.5, 0.6) is 0 Å². The average molecular weight is 247 g/mol. The fourth-order valence-corrected chi connectivity index (χ4v) is 1.98. The molecule has 0 bridgehead atoms. The van der Waals surface area contributed by atoms with Gasteiger partial charge in [-0.25, -0.2) is 4.98 Å². The summed E-state index contributed by atoms with van der Waals surface area (Å²) in [4.78, 5) is 4.04. The van der Waals surface area contributed by atoms with Crippen molar-refractivity contribution in [3.05, 3.63) is 36.7 Å². The topological polar surface area (TPSA) is 47.7 Å². The molecule has 2 aromatic rings. The first kappa shape index (κ1) is 12.8. The van der Waals surface area contributed by atoms with Crippen molar-refractivity contribution in [3.63, 3.8) is 0 Å². The molecule has 98 valence electrons. The summed E-state index contributed by atoms with van der Waals surface area (Å²) in [5, 5.41) is 7.83. The van der Waals surface area contributed by atoms with Crippen LogP contribution in [0.15, 0.2) is 31.0 Å². The van der Waals surface area contributed by atoms with Crippen LogP contribution in [0.4, 0.5) is 0 Å². The summed E-state index contributed by atoms with van der Waals surface area (Å²) in [6.07, 6.45) is 8.62. The van der Waals surface area contributed by atoms with E-state index in [1.807, 2.05) is 24.9 Å². The predicted octanol–water partition coefficient (Wildman–Crippen LogP) is 1.67. The Labute approximate surface area is 108 Å². The lowest BCUT2D eigenvalue weighted by atomic mass is 10.3. The maximum atomic E-state index is 4.32. The van der Waals surface area contributed by atoms with Gasteiger partial charge in [-0.1, -0.05) is 6.92 Å². The second-order valence-electron chi connectivity index (χ2n) is 4.59. The van der Waals surface area contributed by atoms with E-state index in [1.165, 1.54) is 5.69 Å². The molecule has 0 fully saturated rings. The Hall–Kier alpha value is -1.62. The van der Waals surface area contributed by atoms with Gasteiger partial charge in [-0.2, -0.15) is 5.10 Å². The Morgan fingerprint density at radius 2 is 2.28 bits per heavy atom. The van der Waals surface area contributed by atoms with Crippen molar-refractivity contribution in [1.82, 2.24) is 24.6 Å². The van der Waals surface area contributed by atoms with E-state index in [0.717, 1.165) is 26.1 Å². The molecule has 18 heavy (non-hydrogen) atoms. The first-order chi connectivity index (χ1) is 8.79. The van der Waals surface area contributed by atoms with E-state index in [9.17, 15) is 0 Å². The molecule has 2 rings (SSSR count). The molecule has 2 heterocycles. The fraction of sp³-hybridized carbons (Fsp3) is 0.538. The minimum Gasteiger partial charge on any atom is -0.336 e. The van der Waals surface area contributed by atoms with Gasteiger partial charge in [0.1, 0.15) is 0 Å². The number of hydrogen-bond donors (Lipinski definition) is 1. The standard InChI is InChI=1S/C13H21N5/c1-3-7-18-13(4-5-16-18)9-15-12(2)10-17-8-6-14-11-17/h4-6,8,11-12,15H,3,7,9-10H2,1-2H3. The highest BCUT2D eigenvalue weighted by molar-refractivity contribution is 5.00. The normalized spacial score (nSPS) is 12.8. The largest absolute Gasteiger partial charge is 0.336 e. The lowest BCUT2D eigenvalue weighted by molar-refractivity contribution is 0.458. The Balaban J connectivity index is 1.81. The molecule has 0 amide bonds. The summed E-state index contributed by atoms with van der Waals surface area (Å²) in [5.74, 6) is 0. The molecule has 2 aromatic heterocycles. The van der Waals surface area contributed by atoms with Crippen LogP contribution in [0, 0.1) is 0 Å². The van der Waals surface area contributed by atoms with Crippen LogP contribution in [-0.2, 0) is 19.6 Å². The second-order valence-corrected chi connectivity index (χ2v) is 4.59. The first-order valence-electron chi connectivity index (χ1n) is 6.49. The summed E-state index contributed by atoms with van der Waals surface area (Å²) in [6, 6.07) is 2.48. The minimum atomic E-state index is 0.407. The quantitative estimate of drug-likeness (QED) is 0.809. The Morgan fingerprint density at radius 1 is 1.39 bits per heavy atom. The molecule has 0 saturated carbocycles. The molecule has 1 atom stereocenters. The molecular weight excluding hydrogens is 226 g/mol. The third-order valence-corrected chi connectivity index (χ3v) is 2.92. The summed E-state index contributed by atoms with van der Waals surface area (Å²) >= 11 is 0. The highest BCUT2D eigenvalue weighted by Crippen LogP contribution is 2.01. The van der Waals surface area contributed by atoms with Crippen LogP contribution in [0.1, 0.15) is 26.0 Å². The monoisotopic (exact) mass is 247 g/mol. The fourth-order valence-electron chi connectivity index (χ4n) is 1.98. The number of rotatable bonds is 7. The van der Waals surface area contributed by atoms with Crippen molar-refractivity contribution in [2.75, 3.05) is 0 Å². The van der Waals surface area contributed by atoms with E-state index in [0.29, 0.717) is 6.04 Å². The van der Waals surface area contributed by atoms with Crippen LogP contribution in [0.25, 0.3) is 0 Å². The van der Waals surface area contributed by atoms with Crippen LogP contribution in [0.3, 0.4) is 0 Å².